The van der Waals surface area contributed by atoms with E-state index in [1.807, 2.05) is 20.8 Å². The van der Waals surface area contributed by atoms with Crippen LogP contribution in [0.4, 0.5) is 5.69 Å². The lowest BCUT2D eigenvalue weighted by atomic mass is 9.99. The van der Waals surface area contributed by atoms with E-state index in [1.54, 1.807) is 19.1 Å². The lowest BCUT2D eigenvalue weighted by Gasteiger charge is -2.09. The molecule has 1 aromatic carbocycles. The molecule has 3 nitrogen and oxygen atoms in total. The van der Waals surface area contributed by atoms with E-state index in [2.05, 4.69) is 0 Å². The first-order chi connectivity index (χ1) is 7.43. The minimum atomic E-state index is -0.00407. The molecular weight excluding hydrogens is 200 g/mol. The number of rotatable bonds is 2. The van der Waals surface area contributed by atoms with Crippen LogP contribution >= 0.6 is 0 Å². The van der Waals surface area contributed by atoms with Crippen molar-refractivity contribution < 1.29 is 6.22 Å². The molecule has 0 bridgehead atoms. The zero-order valence-corrected chi connectivity index (χ0v) is 10.6. The third kappa shape index (κ3) is 3.19. The molecule has 3 N–H and O–H groups in total. The molecule has 0 radical (unpaired) electrons. The smallest absolute Gasteiger partial charge is 0.159 e. The Labute approximate surface area is 98.7 Å². The number of nitrogen functional groups attached to an aromatic ring is 1. The van der Waals surface area contributed by atoms with Crippen molar-refractivity contribution in [1.29, 1.82) is 5.41 Å². The van der Waals surface area contributed by atoms with Crippen LogP contribution in [0.1, 0.15) is 50.6 Å². The molecule has 0 saturated carbocycles. The highest BCUT2D eigenvalue weighted by Crippen LogP contribution is 2.20. The van der Waals surface area contributed by atoms with Gasteiger partial charge in [0.25, 0.3) is 0 Å². The molecule has 0 unspecified atom stereocenters. The monoisotopic (exact) mass is 222 g/mol. The van der Waals surface area contributed by atoms with Gasteiger partial charge >= 0.3 is 0 Å². The lowest BCUT2D eigenvalue weighted by Crippen LogP contribution is -2.05. The molecule has 0 aliphatic carbocycles. The van der Waals surface area contributed by atoms with E-state index in [9.17, 15) is 4.79 Å². The number of aryl methyl sites for hydroxylation is 1. The van der Waals surface area contributed by atoms with Crippen LogP contribution in [-0.2, 0) is 0 Å². The molecule has 0 fully saturated rings. The molecule has 0 amide bonds. The summed E-state index contributed by atoms with van der Waals surface area (Å²) in [5.41, 5.74) is 8.87. The Morgan fingerprint density at radius 2 is 1.81 bits per heavy atom. The fourth-order valence-electron chi connectivity index (χ4n) is 1.31. The van der Waals surface area contributed by atoms with Crippen LogP contribution < -0.4 is 5.73 Å². The molecule has 0 spiro atoms. The first-order valence-electron chi connectivity index (χ1n) is 5.40. The van der Waals surface area contributed by atoms with E-state index < -0.39 is 0 Å². The Kier molecular flexibility index (Phi) is 5.43. The second-order valence-corrected chi connectivity index (χ2v) is 3.44. The van der Waals surface area contributed by atoms with Crippen molar-refractivity contribution in [2.45, 2.75) is 34.6 Å². The van der Waals surface area contributed by atoms with Gasteiger partial charge in [0.1, 0.15) is 0 Å². The molecule has 16 heavy (non-hydrogen) atoms. The van der Waals surface area contributed by atoms with Gasteiger partial charge in [0, 0.05) is 24.0 Å². The quantitative estimate of drug-likeness (QED) is 0.457. The second kappa shape index (κ2) is 6.05. The fraction of sp³-hybridized carbons (Fsp3) is 0.385. The topological polar surface area (TPSA) is 66.9 Å². The summed E-state index contributed by atoms with van der Waals surface area (Å²) >= 11 is 0. The Morgan fingerprint density at radius 1 is 1.31 bits per heavy atom. The van der Waals surface area contributed by atoms with E-state index in [4.69, 9.17) is 11.1 Å². The van der Waals surface area contributed by atoms with Crippen molar-refractivity contribution in [3.63, 3.8) is 0 Å². The van der Waals surface area contributed by atoms with Crippen molar-refractivity contribution in [2.24, 2.45) is 0 Å². The molecule has 0 saturated heterocycles. The van der Waals surface area contributed by atoms with Crippen molar-refractivity contribution in [3.05, 3.63) is 28.8 Å². The van der Waals surface area contributed by atoms with Gasteiger partial charge < -0.3 is 11.1 Å². The van der Waals surface area contributed by atoms with Crippen LogP contribution in [0.5, 0.6) is 0 Å². The summed E-state index contributed by atoms with van der Waals surface area (Å²) in [6.45, 7) is 9.01. The molecule has 3 heteroatoms. The Hall–Kier alpha value is -1.64. The van der Waals surface area contributed by atoms with Crippen LogP contribution in [-0.4, -0.2) is 11.5 Å². The number of benzene rings is 1. The summed E-state index contributed by atoms with van der Waals surface area (Å²) in [5, 5.41) is 7.52. The number of nitrogens with one attached hydrogen (secondary N) is 1. The Balaban J connectivity index is 0. The SMILES string of the molecule is CC.CC(=N)c1cc(C(C)=O)cc(C)c1N.[HH]. The van der Waals surface area contributed by atoms with Gasteiger partial charge in [-0.2, -0.15) is 0 Å². The maximum absolute atomic E-state index is 11.2. The van der Waals surface area contributed by atoms with Crippen LogP contribution in [0.25, 0.3) is 0 Å². The van der Waals surface area contributed by atoms with Crippen molar-refractivity contribution in [2.75, 3.05) is 5.73 Å². The van der Waals surface area contributed by atoms with Gasteiger partial charge in [-0.05, 0) is 38.5 Å². The predicted octanol–water partition coefficient (Wildman–Crippen LogP) is 3.44. The summed E-state index contributed by atoms with van der Waals surface area (Å²) in [4.78, 5) is 11.2. The van der Waals surface area contributed by atoms with Gasteiger partial charge in [-0.3, -0.25) is 4.79 Å². The molecule has 90 valence electrons. The van der Waals surface area contributed by atoms with Crippen molar-refractivity contribution in [3.8, 4) is 0 Å². The highest BCUT2D eigenvalue weighted by molar-refractivity contribution is 6.04. The number of anilines is 1. The Morgan fingerprint density at radius 3 is 2.19 bits per heavy atom. The van der Waals surface area contributed by atoms with Crippen molar-refractivity contribution in [1.82, 2.24) is 0 Å². The van der Waals surface area contributed by atoms with E-state index >= 15 is 0 Å². The second-order valence-electron chi connectivity index (χ2n) is 3.44. The molecule has 0 aromatic heterocycles. The zero-order valence-electron chi connectivity index (χ0n) is 10.6. The maximum atomic E-state index is 11.2. The molecular formula is C13H22N2O. The average Bonchev–Trinajstić information content (AvgIpc) is 2.24. The number of Topliss-reactive ketones (excluding diaryl/α,β-unsaturated/α-hetero) is 1. The van der Waals surface area contributed by atoms with Crippen LogP contribution in [0.3, 0.4) is 0 Å². The zero-order chi connectivity index (χ0) is 12.9. The molecule has 1 rings (SSSR count). The van der Waals surface area contributed by atoms with Gasteiger partial charge in [0.2, 0.25) is 0 Å². The standard InChI is InChI=1S/C11H14N2O.C2H6.H2/c1-6-4-9(8(3)14)5-10(7(2)12)11(6)13;1-2;/h4-5,12H,13H2,1-3H3;1-2H3;1H. The summed E-state index contributed by atoms with van der Waals surface area (Å²) in [7, 11) is 0. The minimum Gasteiger partial charge on any atom is -0.398 e. The largest absolute Gasteiger partial charge is 0.398 e. The number of hydrogen-bond donors (Lipinski definition) is 2. The molecule has 0 aliphatic rings. The van der Waals surface area contributed by atoms with Gasteiger partial charge in [-0.15, -0.1) is 0 Å². The maximum Gasteiger partial charge on any atom is 0.159 e. The summed E-state index contributed by atoms with van der Waals surface area (Å²) in [6, 6.07) is 3.43. The van der Waals surface area contributed by atoms with Crippen LogP contribution in [0.2, 0.25) is 0 Å². The predicted molar refractivity (Wildman–Crippen MR) is 71.6 cm³/mol. The number of carbonyl (C=O) groups excluding carboxylic acids is 1. The van der Waals surface area contributed by atoms with Crippen LogP contribution in [0.15, 0.2) is 12.1 Å². The summed E-state index contributed by atoms with van der Waals surface area (Å²) in [5.74, 6) is -0.00407. The molecule has 0 heterocycles. The molecule has 0 aliphatic heterocycles. The third-order valence-corrected chi connectivity index (χ3v) is 2.20. The third-order valence-electron chi connectivity index (χ3n) is 2.20. The van der Waals surface area contributed by atoms with E-state index in [0.29, 0.717) is 22.5 Å². The van der Waals surface area contributed by atoms with E-state index in [-0.39, 0.29) is 7.21 Å². The van der Waals surface area contributed by atoms with E-state index in [1.165, 1.54) is 6.92 Å². The Bertz CT molecular complexity index is 414. The number of hydrogen-bond acceptors (Lipinski definition) is 3. The highest BCUT2D eigenvalue weighted by Gasteiger charge is 2.09. The van der Waals surface area contributed by atoms with Crippen LogP contribution in [0, 0.1) is 12.3 Å². The highest BCUT2D eigenvalue weighted by atomic mass is 16.1. The summed E-state index contributed by atoms with van der Waals surface area (Å²) in [6.07, 6.45) is 0. The molecule has 0 atom stereocenters. The van der Waals surface area contributed by atoms with E-state index in [0.717, 1.165) is 5.56 Å². The van der Waals surface area contributed by atoms with Gasteiger partial charge in [0.05, 0.1) is 0 Å². The van der Waals surface area contributed by atoms with Gasteiger partial charge in [0.15, 0.2) is 5.78 Å². The van der Waals surface area contributed by atoms with Gasteiger partial charge in [-0.1, -0.05) is 13.8 Å². The lowest BCUT2D eigenvalue weighted by molar-refractivity contribution is 0.101. The molecule has 1 aromatic rings. The number of nitrogens with two attached hydrogens (primary N) is 1. The summed E-state index contributed by atoms with van der Waals surface area (Å²) < 4.78 is 0. The minimum absolute atomic E-state index is 0. The number of ketones is 1. The fourth-order valence-corrected chi connectivity index (χ4v) is 1.31. The normalized spacial score (nSPS) is 9.06. The first-order valence-corrected chi connectivity index (χ1v) is 5.40. The number of carbonyl (C=O) groups is 1. The van der Waals surface area contributed by atoms with Gasteiger partial charge in [-0.25, -0.2) is 0 Å². The average molecular weight is 222 g/mol. The van der Waals surface area contributed by atoms with Crippen molar-refractivity contribution >= 4 is 17.2 Å². The first kappa shape index (κ1) is 14.4.